The summed E-state index contributed by atoms with van der Waals surface area (Å²) in [6.07, 6.45) is 0. The van der Waals surface area contributed by atoms with Crippen LogP contribution in [0.5, 0.6) is 17.2 Å². The van der Waals surface area contributed by atoms with E-state index in [0.29, 0.717) is 55.7 Å². The van der Waals surface area contributed by atoms with E-state index in [9.17, 15) is 9.59 Å². The molecule has 1 fully saturated rings. The van der Waals surface area contributed by atoms with Crippen molar-refractivity contribution in [2.75, 3.05) is 66.0 Å². The van der Waals surface area contributed by atoms with Crippen LogP contribution in [0.2, 0.25) is 0 Å². The van der Waals surface area contributed by atoms with Gasteiger partial charge in [0, 0.05) is 50.5 Å². The summed E-state index contributed by atoms with van der Waals surface area (Å²) in [7, 11) is 4.43. The number of hydrogen-bond acceptors (Lipinski definition) is 7. The molecule has 0 bridgehead atoms. The number of β-amino-alcohol motifs (C(OH)–C–C–N with tert-alkyl or cyclic N) is 1. The quantitative estimate of drug-likeness (QED) is 0.671. The number of aliphatic hydroxyl groups excluding tert-OH is 1. The van der Waals surface area contributed by atoms with Gasteiger partial charge in [-0.25, -0.2) is 0 Å². The molecule has 1 aliphatic heterocycles. The molecule has 26 heavy (non-hydrogen) atoms. The molecule has 0 saturated carbocycles. The van der Waals surface area contributed by atoms with Crippen LogP contribution in [0.4, 0.5) is 5.69 Å². The standard InChI is InChI=1S/C17H25N3O6/c1-24-13-10-12(11-14(25-2)15(13)26-3)18-16(22)17(23)20-6-4-19(5-7-20)8-9-21/h10-11,21H,4-9H2,1-3H3,(H,18,22). The number of benzene rings is 1. The number of nitrogens with zero attached hydrogens (tertiary/aromatic N) is 2. The average molecular weight is 367 g/mol. The number of anilines is 1. The Morgan fingerprint density at radius 2 is 1.62 bits per heavy atom. The molecule has 0 atom stereocenters. The number of piperazine rings is 1. The van der Waals surface area contributed by atoms with Crippen molar-refractivity contribution >= 4 is 17.5 Å². The second-order valence-corrected chi connectivity index (χ2v) is 5.73. The second-order valence-electron chi connectivity index (χ2n) is 5.73. The van der Waals surface area contributed by atoms with Crippen molar-refractivity contribution in [2.45, 2.75) is 0 Å². The lowest BCUT2D eigenvalue weighted by Crippen LogP contribution is -2.52. The Bertz CT molecular complexity index is 618. The Labute approximate surface area is 152 Å². The van der Waals surface area contributed by atoms with E-state index in [0.717, 1.165) is 0 Å². The van der Waals surface area contributed by atoms with E-state index in [1.807, 2.05) is 4.90 Å². The minimum Gasteiger partial charge on any atom is -0.493 e. The lowest BCUT2D eigenvalue weighted by molar-refractivity contribution is -0.144. The highest BCUT2D eigenvalue weighted by atomic mass is 16.5. The van der Waals surface area contributed by atoms with Gasteiger partial charge in [0.05, 0.1) is 27.9 Å². The third kappa shape index (κ3) is 4.55. The molecule has 1 saturated heterocycles. The van der Waals surface area contributed by atoms with Crippen molar-refractivity contribution in [3.05, 3.63) is 12.1 Å². The van der Waals surface area contributed by atoms with Gasteiger partial charge in [0.15, 0.2) is 11.5 Å². The third-order valence-electron chi connectivity index (χ3n) is 4.19. The first-order chi connectivity index (χ1) is 12.5. The van der Waals surface area contributed by atoms with Crippen molar-refractivity contribution in [2.24, 2.45) is 0 Å². The Morgan fingerprint density at radius 1 is 1.04 bits per heavy atom. The van der Waals surface area contributed by atoms with Crippen LogP contribution in [0.3, 0.4) is 0 Å². The van der Waals surface area contributed by atoms with Crippen LogP contribution in [0, 0.1) is 0 Å². The van der Waals surface area contributed by atoms with E-state index in [2.05, 4.69) is 5.32 Å². The number of carbonyl (C=O) groups is 2. The zero-order chi connectivity index (χ0) is 19.1. The van der Waals surface area contributed by atoms with Crippen LogP contribution in [0.1, 0.15) is 0 Å². The number of hydrogen-bond donors (Lipinski definition) is 2. The molecule has 1 aromatic carbocycles. The summed E-state index contributed by atoms with van der Waals surface area (Å²) in [5, 5.41) is 11.5. The monoisotopic (exact) mass is 367 g/mol. The van der Waals surface area contributed by atoms with Crippen LogP contribution >= 0.6 is 0 Å². The molecule has 9 nitrogen and oxygen atoms in total. The van der Waals surface area contributed by atoms with Crippen molar-refractivity contribution in [1.82, 2.24) is 9.80 Å². The van der Waals surface area contributed by atoms with Crippen molar-refractivity contribution in [1.29, 1.82) is 0 Å². The van der Waals surface area contributed by atoms with E-state index >= 15 is 0 Å². The van der Waals surface area contributed by atoms with Crippen molar-refractivity contribution in [3.63, 3.8) is 0 Å². The molecule has 1 aliphatic rings. The fourth-order valence-corrected chi connectivity index (χ4v) is 2.80. The maximum atomic E-state index is 12.4. The molecule has 2 amide bonds. The fraction of sp³-hybridized carbons (Fsp3) is 0.529. The SMILES string of the molecule is COc1cc(NC(=O)C(=O)N2CCN(CCO)CC2)cc(OC)c1OC. The van der Waals surface area contributed by atoms with E-state index < -0.39 is 11.8 Å². The summed E-state index contributed by atoms with van der Waals surface area (Å²) >= 11 is 0. The minimum atomic E-state index is -0.727. The highest BCUT2D eigenvalue weighted by Gasteiger charge is 2.26. The number of carbonyl (C=O) groups excluding carboxylic acids is 2. The van der Waals surface area contributed by atoms with Gasteiger partial charge in [-0.05, 0) is 0 Å². The zero-order valence-electron chi connectivity index (χ0n) is 15.3. The van der Waals surface area contributed by atoms with Gasteiger partial charge >= 0.3 is 11.8 Å². The first-order valence-corrected chi connectivity index (χ1v) is 8.27. The van der Waals surface area contributed by atoms with Gasteiger partial charge in [-0.1, -0.05) is 0 Å². The van der Waals surface area contributed by atoms with Crippen molar-refractivity contribution < 1.29 is 28.9 Å². The molecule has 0 unspecified atom stereocenters. The molecule has 9 heteroatoms. The van der Waals surface area contributed by atoms with E-state index in [1.165, 1.54) is 26.2 Å². The van der Waals surface area contributed by atoms with E-state index in [1.54, 1.807) is 12.1 Å². The van der Waals surface area contributed by atoms with Crippen LogP contribution in [0.25, 0.3) is 0 Å². The molecular formula is C17H25N3O6. The summed E-state index contributed by atoms with van der Waals surface area (Å²) in [4.78, 5) is 28.2. The smallest absolute Gasteiger partial charge is 0.313 e. The Balaban J connectivity index is 2.04. The molecule has 144 valence electrons. The van der Waals surface area contributed by atoms with Crippen LogP contribution in [-0.2, 0) is 9.59 Å². The molecule has 1 heterocycles. The number of rotatable bonds is 6. The maximum Gasteiger partial charge on any atom is 0.313 e. The maximum absolute atomic E-state index is 12.4. The molecular weight excluding hydrogens is 342 g/mol. The summed E-state index contributed by atoms with van der Waals surface area (Å²) in [6, 6.07) is 3.12. The Hall–Kier alpha value is -2.52. The lowest BCUT2D eigenvalue weighted by atomic mass is 10.2. The van der Waals surface area contributed by atoms with Gasteiger partial charge in [0.1, 0.15) is 0 Å². The predicted octanol–water partition coefficient (Wildman–Crippen LogP) is -0.213. The number of nitrogens with one attached hydrogen (secondary N) is 1. The van der Waals surface area contributed by atoms with Gasteiger partial charge in [-0.3, -0.25) is 14.5 Å². The summed E-state index contributed by atoms with van der Waals surface area (Å²) in [5.74, 6) is -0.156. The van der Waals surface area contributed by atoms with E-state index in [4.69, 9.17) is 19.3 Å². The van der Waals surface area contributed by atoms with Crippen LogP contribution in [0.15, 0.2) is 12.1 Å². The van der Waals surface area contributed by atoms with Gasteiger partial charge < -0.3 is 29.5 Å². The Kier molecular flexibility index (Phi) is 7.05. The van der Waals surface area contributed by atoms with Gasteiger partial charge in [0.2, 0.25) is 5.75 Å². The van der Waals surface area contributed by atoms with Crippen molar-refractivity contribution in [3.8, 4) is 17.2 Å². The number of aliphatic hydroxyl groups is 1. The van der Waals surface area contributed by atoms with Gasteiger partial charge in [-0.15, -0.1) is 0 Å². The van der Waals surface area contributed by atoms with Gasteiger partial charge in [0.25, 0.3) is 0 Å². The molecule has 0 aliphatic carbocycles. The minimum absolute atomic E-state index is 0.0789. The van der Waals surface area contributed by atoms with E-state index in [-0.39, 0.29) is 6.61 Å². The molecule has 0 spiro atoms. The first-order valence-electron chi connectivity index (χ1n) is 8.27. The molecule has 0 radical (unpaired) electrons. The Morgan fingerprint density at radius 3 is 2.08 bits per heavy atom. The average Bonchev–Trinajstić information content (AvgIpc) is 2.67. The molecule has 2 N–H and O–H groups in total. The summed E-state index contributed by atoms with van der Waals surface area (Å²) in [6.45, 7) is 2.80. The number of amides is 2. The van der Waals surface area contributed by atoms with Crippen LogP contribution < -0.4 is 19.5 Å². The number of methoxy groups -OCH3 is 3. The zero-order valence-corrected chi connectivity index (χ0v) is 15.3. The largest absolute Gasteiger partial charge is 0.493 e. The van der Waals surface area contributed by atoms with Crippen LogP contribution in [-0.4, -0.2) is 87.4 Å². The molecule has 2 rings (SSSR count). The lowest BCUT2D eigenvalue weighted by Gasteiger charge is -2.33. The summed E-state index contributed by atoms with van der Waals surface area (Å²) < 4.78 is 15.7. The van der Waals surface area contributed by atoms with Gasteiger partial charge in [-0.2, -0.15) is 0 Å². The predicted molar refractivity (Wildman–Crippen MR) is 94.8 cm³/mol. The normalized spacial score (nSPS) is 14.7. The highest BCUT2D eigenvalue weighted by molar-refractivity contribution is 6.39. The molecule has 0 aromatic heterocycles. The second kappa shape index (κ2) is 9.25. The first kappa shape index (κ1) is 19.8. The third-order valence-corrected chi connectivity index (χ3v) is 4.19. The summed E-state index contributed by atoms with van der Waals surface area (Å²) in [5.41, 5.74) is 0.372. The number of ether oxygens (including phenoxy) is 3. The fourth-order valence-electron chi connectivity index (χ4n) is 2.80. The topological polar surface area (TPSA) is 101 Å². The highest BCUT2D eigenvalue weighted by Crippen LogP contribution is 2.39. The molecule has 1 aromatic rings.